The molecule has 3 aromatic rings. The predicted molar refractivity (Wildman–Crippen MR) is 121 cm³/mol. The molecule has 2 heterocycles. The zero-order valence-electron chi connectivity index (χ0n) is 18.8. The Morgan fingerprint density at radius 3 is 2.55 bits per heavy atom. The number of fused-ring (bicyclic) bond motifs is 4. The molecule has 3 nitrogen and oxygen atoms in total. The zero-order valence-corrected chi connectivity index (χ0v) is 18.8. The third-order valence-corrected chi connectivity index (χ3v) is 7.34. The molecule has 1 aliphatic heterocycles. The lowest BCUT2D eigenvalue weighted by atomic mass is 9.62. The van der Waals surface area contributed by atoms with Gasteiger partial charge >= 0.3 is 0 Å². The Bertz CT molecular complexity index is 1120. The second-order valence-electron chi connectivity index (χ2n) is 10.3. The number of anilines is 2. The Kier molecular flexibility index (Phi) is 3.94. The lowest BCUT2D eigenvalue weighted by Gasteiger charge is -2.46. The third-order valence-electron chi connectivity index (χ3n) is 7.34. The number of nitrogens with zero attached hydrogens (tertiary/aromatic N) is 3. The molecular formula is C26H33N3. The van der Waals surface area contributed by atoms with Crippen LogP contribution >= 0.6 is 0 Å². The lowest BCUT2D eigenvalue weighted by molar-refractivity contribution is -0.572. The number of rotatable bonds is 3. The molecule has 0 radical (unpaired) electrons. The highest BCUT2D eigenvalue weighted by Crippen LogP contribution is 2.52. The van der Waals surface area contributed by atoms with Crippen LogP contribution in [-0.4, -0.2) is 11.6 Å². The zero-order chi connectivity index (χ0) is 20.6. The molecule has 1 aromatic heterocycles. The summed E-state index contributed by atoms with van der Waals surface area (Å²) in [6.45, 7) is 12.9. The summed E-state index contributed by atoms with van der Waals surface area (Å²) in [7, 11) is 2.25. The Hall–Kier alpha value is -2.29. The van der Waals surface area contributed by atoms with Crippen LogP contribution in [-0.2, 0) is 17.4 Å². The topological polar surface area (TPSA) is 12.0 Å². The van der Waals surface area contributed by atoms with Crippen molar-refractivity contribution >= 4 is 22.4 Å². The van der Waals surface area contributed by atoms with Gasteiger partial charge in [-0.3, -0.25) is 0 Å². The van der Waals surface area contributed by atoms with E-state index in [-0.39, 0.29) is 10.8 Å². The highest BCUT2D eigenvalue weighted by atomic mass is 15.2. The Morgan fingerprint density at radius 1 is 1.03 bits per heavy atom. The van der Waals surface area contributed by atoms with Gasteiger partial charge in [0, 0.05) is 18.4 Å². The SMILES string of the molecule is CCCCn1[c-][n+]2c3c(cccc31)N(C)c1c-2ccc2c1C(C)(C)CCC2(C)C. The first-order valence-corrected chi connectivity index (χ1v) is 11.1. The van der Waals surface area contributed by atoms with E-state index in [1.54, 1.807) is 0 Å². The van der Waals surface area contributed by atoms with Crippen LogP contribution in [0.25, 0.3) is 16.7 Å². The van der Waals surface area contributed by atoms with Gasteiger partial charge in [0.1, 0.15) is 0 Å². The smallest absolute Gasteiger partial charge is 0.244 e. The average Bonchev–Trinajstić information content (AvgIpc) is 3.07. The van der Waals surface area contributed by atoms with E-state index in [2.05, 4.69) is 92.4 Å². The van der Waals surface area contributed by atoms with Gasteiger partial charge in [-0.25, -0.2) is 0 Å². The van der Waals surface area contributed by atoms with Crippen LogP contribution in [0.1, 0.15) is 71.4 Å². The fourth-order valence-corrected chi connectivity index (χ4v) is 5.48. The van der Waals surface area contributed by atoms with Crippen LogP contribution < -0.4 is 9.47 Å². The summed E-state index contributed by atoms with van der Waals surface area (Å²) in [5.41, 5.74) is 9.92. The third kappa shape index (κ3) is 2.52. The van der Waals surface area contributed by atoms with Crippen molar-refractivity contribution in [2.75, 3.05) is 11.9 Å². The van der Waals surface area contributed by atoms with Crippen LogP contribution in [0.5, 0.6) is 0 Å². The van der Waals surface area contributed by atoms with E-state index in [0.717, 1.165) is 6.54 Å². The lowest BCUT2D eigenvalue weighted by Crippen LogP contribution is -2.41. The average molecular weight is 388 g/mol. The predicted octanol–water partition coefficient (Wildman–Crippen LogP) is 5.95. The van der Waals surface area contributed by atoms with Crippen LogP contribution in [0.3, 0.4) is 0 Å². The fourth-order valence-electron chi connectivity index (χ4n) is 5.48. The molecule has 0 atom stereocenters. The van der Waals surface area contributed by atoms with Crippen molar-refractivity contribution in [2.45, 2.75) is 77.7 Å². The summed E-state index contributed by atoms with van der Waals surface area (Å²) in [5.74, 6) is 0. The van der Waals surface area contributed by atoms with Gasteiger partial charge in [-0.1, -0.05) is 65.3 Å². The van der Waals surface area contributed by atoms with Crippen molar-refractivity contribution in [2.24, 2.45) is 0 Å². The van der Waals surface area contributed by atoms with Crippen LogP contribution in [0, 0.1) is 6.33 Å². The van der Waals surface area contributed by atoms with Crippen LogP contribution in [0.4, 0.5) is 11.4 Å². The molecule has 1 aliphatic carbocycles. The Labute approximate surface area is 175 Å². The maximum atomic E-state index is 3.70. The number of imidazole rings is 1. The normalized spacial score (nSPS) is 18.6. The van der Waals surface area contributed by atoms with Gasteiger partial charge in [0.15, 0.2) is 0 Å². The first-order chi connectivity index (χ1) is 13.8. The Morgan fingerprint density at radius 2 is 1.79 bits per heavy atom. The molecule has 0 amide bonds. The molecule has 0 spiro atoms. The van der Waals surface area contributed by atoms with E-state index in [9.17, 15) is 0 Å². The molecule has 0 saturated heterocycles. The van der Waals surface area contributed by atoms with Gasteiger partial charge in [-0.15, -0.1) is 0 Å². The summed E-state index contributed by atoms with van der Waals surface area (Å²) in [6, 6.07) is 11.4. The quantitative estimate of drug-likeness (QED) is 0.399. The number of para-hydroxylation sites is 1. The van der Waals surface area contributed by atoms with Gasteiger partial charge in [0.05, 0.1) is 23.3 Å². The highest BCUT2D eigenvalue weighted by molar-refractivity contribution is 5.93. The summed E-state index contributed by atoms with van der Waals surface area (Å²) in [4.78, 5) is 2.44. The molecule has 2 aliphatic rings. The second kappa shape index (κ2) is 6.10. The molecule has 0 saturated carbocycles. The molecule has 29 heavy (non-hydrogen) atoms. The van der Waals surface area contributed by atoms with E-state index >= 15 is 0 Å². The maximum absolute atomic E-state index is 3.70. The molecule has 0 fully saturated rings. The molecule has 3 heteroatoms. The van der Waals surface area contributed by atoms with Gasteiger partial charge in [-0.2, -0.15) is 0 Å². The van der Waals surface area contributed by atoms with Gasteiger partial charge in [-0.05, 0) is 47.3 Å². The summed E-state index contributed by atoms with van der Waals surface area (Å²) in [6.07, 6.45) is 8.54. The molecule has 152 valence electrons. The standard InChI is InChI=1S/C26H33N3/c1-7-8-16-28-17-29-21-13-12-18-22(26(4,5)15-14-25(18,2)3)24(21)27(6)19-10-9-11-20(28)23(19)29/h9-13H,7-8,14-16H2,1-6H3. The van der Waals surface area contributed by atoms with E-state index in [1.165, 1.54) is 64.9 Å². The van der Waals surface area contributed by atoms with Crippen molar-refractivity contribution < 1.29 is 4.57 Å². The van der Waals surface area contributed by atoms with Crippen LogP contribution in [0.2, 0.25) is 0 Å². The van der Waals surface area contributed by atoms with E-state index < -0.39 is 0 Å². The molecular weight excluding hydrogens is 354 g/mol. The highest BCUT2D eigenvalue weighted by Gasteiger charge is 2.41. The first kappa shape index (κ1) is 18.7. The maximum Gasteiger partial charge on any atom is 0.244 e. The molecule has 0 bridgehead atoms. The second-order valence-corrected chi connectivity index (χ2v) is 10.3. The molecule has 5 rings (SSSR count). The van der Waals surface area contributed by atoms with Crippen molar-refractivity contribution in [3.05, 3.63) is 47.8 Å². The van der Waals surface area contributed by atoms with Gasteiger partial charge in [0.2, 0.25) is 6.33 Å². The van der Waals surface area contributed by atoms with Crippen molar-refractivity contribution in [3.63, 3.8) is 0 Å². The van der Waals surface area contributed by atoms with Gasteiger partial charge < -0.3 is 14.0 Å². The summed E-state index contributed by atoms with van der Waals surface area (Å²) in [5, 5.41) is 0. The number of aryl methyl sites for hydroxylation is 1. The van der Waals surface area contributed by atoms with Gasteiger partial charge in [0.25, 0.3) is 0 Å². The number of unbranched alkanes of at least 4 members (excludes halogenated alkanes) is 1. The van der Waals surface area contributed by atoms with E-state index in [1.807, 2.05) is 0 Å². The fraction of sp³-hybridized carbons (Fsp3) is 0.500. The molecule has 0 N–H and O–H groups in total. The molecule has 0 unspecified atom stereocenters. The monoisotopic (exact) mass is 387 g/mol. The van der Waals surface area contributed by atoms with Crippen LogP contribution in [0.15, 0.2) is 30.3 Å². The van der Waals surface area contributed by atoms with Crippen molar-refractivity contribution in [1.29, 1.82) is 0 Å². The number of hydrogen-bond donors (Lipinski definition) is 0. The van der Waals surface area contributed by atoms with Crippen molar-refractivity contribution in [1.82, 2.24) is 4.57 Å². The van der Waals surface area contributed by atoms with E-state index in [0.29, 0.717) is 0 Å². The summed E-state index contributed by atoms with van der Waals surface area (Å²) < 4.78 is 4.65. The first-order valence-electron chi connectivity index (χ1n) is 11.1. The van der Waals surface area contributed by atoms with E-state index in [4.69, 9.17) is 0 Å². The minimum atomic E-state index is 0.168. The number of aromatic nitrogens is 2. The Balaban J connectivity index is 1.84. The molecule has 2 aromatic carbocycles. The summed E-state index contributed by atoms with van der Waals surface area (Å²) >= 11 is 0. The number of hydrogen-bond acceptors (Lipinski definition) is 1. The minimum absolute atomic E-state index is 0.168. The largest absolute Gasteiger partial charge is 0.353 e. The number of benzene rings is 2. The van der Waals surface area contributed by atoms with Crippen molar-refractivity contribution in [3.8, 4) is 5.69 Å². The minimum Gasteiger partial charge on any atom is -0.353 e.